The second-order valence-corrected chi connectivity index (χ2v) is 6.40. The van der Waals surface area contributed by atoms with E-state index in [2.05, 4.69) is 5.32 Å². The van der Waals surface area contributed by atoms with Crippen molar-refractivity contribution in [1.82, 2.24) is 5.32 Å². The third-order valence-corrected chi connectivity index (χ3v) is 4.76. The van der Waals surface area contributed by atoms with Crippen LogP contribution in [0, 0.1) is 6.92 Å². The molecule has 0 saturated carbocycles. The summed E-state index contributed by atoms with van der Waals surface area (Å²) >= 11 is 1.61. The van der Waals surface area contributed by atoms with Crippen LogP contribution in [0.3, 0.4) is 0 Å². The summed E-state index contributed by atoms with van der Waals surface area (Å²) in [6.07, 6.45) is 0. The van der Waals surface area contributed by atoms with Crippen LogP contribution in [-0.4, -0.2) is 22.9 Å². The third kappa shape index (κ3) is 3.43. The number of benzene rings is 2. The summed E-state index contributed by atoms with van der Waals surface area (Å²) in [7, 11) is 0. The first-order valence-corrected chi connectivity index (χ1v) is 8.11. The van der Waals surface area contributed by atoms with Gasteiger partial charge in [0.2, 0.25) is 0 Å². The summed E-state index contributed by atoms with van der Waals surface area (Å²) < 4.78 is 5.81. The Bertz CT molecular complexity index is 672. The van der Waals surface area contributed by atoms with Crippen molar-refractivity contribution in [1.29, 1.82) is 0 Å². The molecule has 1 heterocycles. The topological polar surface area (TPSA) is 58.6 Å². The van der Waals surface area contributed by atoms with Gasteiger partial charge in [-0.05, 0) is 42.3 Å². The normalized spacial score (nSPS) is 20.8. The van der Waals surface area contributed by atoms with E-state index < -0.39 is 12.0 Å². The highest BCUT2D eigenvalue weighted by Crippen LogP contribution is 2.34. The molecule has 0 radical (unpaired) electrons. The molecule has 1 aliphatic heterocycles. The average Bonchev–Trinajstić information content (AvgIpc) is 2.98. The minimum Gasteiger partial charge on any atom is -0.480 e. The molecule has 2 aromatic carbocycles. The Kier molecular flexibility index (Phi) is 4.36. The van der Waals surface area contributed by atoms with Gasteiger partial charge in [-0.25, -0.2) is 0 Å². The van der Waals surface area contributed by atoms with Gasteiger partial charge in [-0.2, -0.15) is 0 Å². The van der Waals surface area contributed by atoms with Crippen LogP contribution in [0.5, 0.6) is 11.5 Å². The number of rotatable bonds is 4. The lowest BCUT2D eigenvalue weighted by Gasteiger charge is -2.12. The van der Waals surface area contributed by atoms with Crippen molar-refractivity contribution >= 4 is 17.7 Å². The number of carbonyl (C=O) groups is 1. The minimum absolute atomic E-state index is 0.0223. The van der Waals surface area contributed by atoms with Gasteiger partial charge in [0.15, 0.2) is 0 Å². The van der Waals surface area contributed by atoms with Crippen LogP contribution in [0.25, 0.3) is 0 Å². The largest absolute Gasteiger partial charge is 0.480 e. The van der Waals surface area contributed by atoms with Crippen molar-refractivity contribution in [2.45, 2.75) is 18.3 Å². The molecule has 0 spiro atoms. The van der Waals surface area contributed by atoms with Gasteiger partial charge in [-0.1, -0.05) is 24.3 Å². The molecule has 2 unspecified atom stereocenters. The van der Waals surface area contributed by atoms with Gasteiger partial charge in [0.25, 0.3) is 0 Å². The number of carboxylic acids is 1. The van der Waals surface area contributed by atoms with Crippen LogP contribution in [0.1, 0.15) is 16.5 Å². The average molecular weight is 315 g/mol. The van der Waals surface area contributed by atoms with Crippen LogP contribution in [-0.2, 0) is 4.79 Å². The maximum atomic E-state index is 11.0. The lowest BCUT2D eigenvalue weighted by Crippen LogP contribution is -2.33. The summed E-state index contributed by atoms with van der Waals surface area (Å²) in [5, 5.41) is 12.1. The van der Waals surface area contributed by atoms with Crippen LogP contribution < -0.4 is 10.1 Å². The van der Waals surface area contributed by atoms with E-state index in [9.17, 15) is 4.79 Å². The van der Waals surface area contributed by atoms with Gasteiger partial charge in [-0.3, -0.25) is 10.1 Å². The van der Waals surface area contributed by atoms with E-state index >= 15 is 0 Å². The third-order valence-electron chi connectivity index (χ3n) is 3.49. The van der Waals surface area contributed by atoms with Gasteiger partial charge in [0.1, 0.15) is 17.5 Å². The minimum atomic E-state index is -0.797. The van der Waals surface area contributed by atoms with Crippen molar-refractivity contribution < 1.29 is 14.6 Å². The first kappa shape index (κ1) is 14.9. The Balaban J connectivity index is 1.67. The molecule has 114 valence electrons. The number of nitrogens with one attached hydrogen (secondary N) is 1. The zero-order valence-corrected chi connectivity index (χ0v) is 13.0. The molecule has 0 aromatic heterocycles. The highest BCUT2D eigenvalue weighted by atomic mass is 32.2. The SMILES string of the molecule is Cc1cccc(Oc2ccc(C3NC(C(=O)O)CS3)cc2)c1. The zero-order chi connectivity index (χ0) is 15.5. The van der Waals surface area contributed by atoms with Crippen molar-refractivity contribution in [3.05, 3.63) is 59.7 Å². The number of thioether (sulfide) groups is 1. The van der Waals surface area contributed by atoms with Crippen molar-refractivity contribution in [2.75, 3.05) is 5.75 Å². The van der Waals surface area contributed by atoms with E-state index in [1.54, 1.807) is 11.8 Å². The van der Waals surface area contributed by atoms with Crippen LogP contribution in [0.15, 0.2) is 48.5 Å². The van der Waals surface area contributed by atoms with E-state index in [4.69, 9.17) is 9.84 Å². The number of ether oxygens (including phenoxy) is 1. The van der Waals surface area contributed by atoms with Gasteiger partial charge in [0, 0.05) is 5.75 Å². The molecular formula is C17H17NO3S. The summed E-state index contributed by atoms with van der Waals surface area (Å²) in [5.74, 6) is 1.37. The summed E-state index contributed by atoms with van der Waals surface area (Å²) in [6.45, 7) is 2.03. The Morgan fingerprint density at radius 2 is 2.00 bits per heavy atom. The van der Waals surface area contributed by atoms with E-state index in [-0.39, 0.29) is 5.37 Å². The first-order chi connectivity index (χ1) is 10.6. The quantitative estimate of drug-likeness (QED) is 0.903. The van der Waals surface area contributed by atoms with E-state index in [0.717, 1.165) is 22.6 Å². The zero-order valence-electron chi connectivity index (χ0n) is 12.2. The van der Waals surface area contributed by atoms with E-state index in [1.165, 1.54) is 0 Å². The fourth-order valence-corrected chi connectivity index (χ4v) is 3.57. The molecule has 1 fully saturated rings. The molecule has 0 amide bonds. The molecule has 3 rings (SSSR count). The second kappa shape index (κ2) is 6.42. The summed E-state index contributed by atoms with van der Waals surface area (Å²) in [5.41, 5.74) is 2.21. The van der Waals surface area contributed by atoms with Gasteiger partial charge < -0.3 is 9.84 Å². The molecule has 2 atom stereocenters. The molecule has 5 heteroatoms. The lowest BCUT2D eigenvalue weighted by atomic mass is 10.2. The molecular weight excluding hydrogens is 298 g/mol. The monoisotopic (exact) mass is 315 g/mol. The molecule has 2 aromatic rings. The lowest BCUT2D eigenvalue weighted by molar-refractivity contribution is -0.138. The van der Waals surface area contributed by atoms with Crippen molar-refractivity contribution in [2.24, 2.45) is 0 Å². The van der Waals surface area contributed by atoms with Crippen LogP contribution in [0.2, 0.25) is 0 Å². The molecule has 0 bridgehead atoms. The Labute approximate surface area is 133 Å². The fourth-order valence-electron chi connectivity index (χ4n) is 2.33. The number of carboxylic acid groups (broad SMARTS) is 1. The standard InChI is InChI=1S/C17H17NO3S/c1-11-3-2-4-14(9-11)21-13-7-5-12(6-8-13)16-18-15(10-22-16)17(19)20/h2-9,15-16,18H,10H2,1H3,(H,19,20). The molecule has 1 aliphatic rings. The molecule has 2 N–H and O–H groups in total. The maximum absolute atomic E-state index is 11.0. The number of aliphatic carboxylic acids is 1. The number of hydrogen-bond acceptors (Lipinski definition) is 4. The molecule has 22 heavy (non-hydrogen) atoms. The first-order valence-electron chi connectivity index (χ1n) is 7.07. The molecule has 1 saturated heterocycles. The predicted molar refractivity (Wildman–Crippen MR) is 87.5 cm³/mol. The molecule has 4 nitrogen and oxygen atoms in total. The maximum Gasteiger partial charge on any atom is 0.321 e. The second-order valence-electron chi connectivity index (χ2n) is 5.26. The Morgan fingerprint density at radius 3 is 2.64 bits per heavy atom. The van der Waals surface area contributed by atoms with Crippen molar-refractivity contribution in [3.8, 4) is 11.5 Å². The highest BCUT2D eigenvalue weighted by Gasteiger charge is 2.30. The molecule has 0 aliphatic carbocycles. The predicted octanol–water partition coefficient (Wildman–Crippen LogP) is 3.58. The summed E-state index contributed by atoms with van der Waals surface area (Å²) in [4.78, 5) is 11.0. The van der Waals surface area contributed by atoms with E-state index in [1.807, 2.05) is 55.5 Å². The summed E-state index contributed by atoms with van der Waals surface area (Å²) in [6, 6.07) is 15.2. The van der Waals surface area contributed by atoms with Crippen LogP contribution in [0.4, 0.5) is 0 Å². The smallest absolute Gasteiger partial charge is 0.321 e. The van der Waals surface area contributed by atoms with Crippen molar-refractivity contribution in [3.63, 3.8) is 0 Å². The number of aryl methyl sites for hydroxylation is 1. The number of hydrogen-bond donors (Lipinski definition) is 2. The fraction of sp³-hybridized carbons (Fsp3) is 0.235. The van der Waals surface area contributed by atoms with E-state index in [0.29, 0.717) is 5.75 Å². The Hall–Kier alpha value is -1.98. The Morgan fingerprint density at radius 1 is 1.23 bits per heavy atom. The van der Waals surface area contributed by atoms with Gasteiger partial charge in [0.05, 0.1) is 5.37 Å². The van der Waals surface area contributed by atoms with Crippen LogP contribution >= 0.6 is 11.8 Å². The van der Waals surface area contributed by atoms with Gasteiger partial charge >= 0.3 is 5.97 Å². The van der Waals surface area contributed by atoms with Gasteiger partial charge in [-0.15, -0.1) is 11.8 Å². The highest BCUT2D eigenvalue weighted by molar-refractivity contribution is 7.99.